The van der Waals surface area contributed by atoms with Crippen LogP contribution in [0.25, 0.3) is 0 Å². The van der Waals surface area contributed by atoms with Crippen LogP contribution >= 0.6 is 11.6 Å². The van der Waals surface area contributed by atoms with Gasteiger partial charge in [-0.3, -0.25) is 4.79 Å². The van der Waals surface area contributed by atoms with E-state index in [0.717, 1.165) is 11.6 Å². The van der Waals surface area contributed by atoms with Crippen LogP contribution in [-0.2, 0) is 0 Å². The first-order valence-electron chi connectivity index (χ1n) is 5.53. The Morgan fingerprint density at radius 2 is 2.00 bits per heavy atom. The molecule has 3 nitrogen and oxygen atoms in total. The average molecular weight is 280 g/mol. The zero-order valence-electron chi connectivity index (χ0n) is 10.1. The second kappa shape index (κ2) is 5.28. The fourth-order valence-electron chi connectivity index (χ4n) is 1.61. The first kappa shape index (κ1) is 13.4. The van der Waals surface area contributed by atoms with Gasteiger partial charge >= 0.3 is 0 Å². The monoisotopic (exact) mass is 279 g/mol. The number of rotatable bonds is 2. The largest absolute Gasteiger partial charge is 0.507 e. The topological polar surface area (TPSA) is 49.3 Å². The minimum Gasteiger partial charge on any atom is -0.507 e. The lowest BCUT2D eigenvalue weighted by atomic mass is 10.1. The molecule has 0 aliphatic heterocycles. The molecule has 0 unspecified atom stereocenters. The van der Waals surface area contributed by atoms with Crippen LogP contribution in [0.1, 0.15) is 15.9 Å². The van der Waals surface area contributed by atoms with E-state index >= 15 is 0 Å². The molecule has 98 valence electrons. The average Bonchev–Trinajstić information content (AvgIpc) is 2.32. The van der Waals surface area contributed by atoms with Crippen molar-refractivity contribution < 1.29 is 14.3 Å². The Morgan fingerprint density at radius 1 is 1.26 bits per heavy atom. The van der Waals surface area contributed by atoms with Crippen molar-refractivity contribution in [3.05, 3.63) is 58.4 Å². The molecule has 0 saturated heterocycles. The molecule has 0 aliphatic rings. The van der Waals surface area contributed by atoms with Gasteiger partial charge in [-0.15, -0.1) is 0 Å². The molecule has 0 radical (unpaired) electrons. The Labute approximate surface area is 114 Å². The highest BCUT2D eigenvalue weighted by Gasteiger charge is 2.13. The van der Waals surface area contributed by atoms with Gasteiger partial charge in [-0.2, -0.15) is 0 Å². The lowest BCUT2D eigenvalue weighted by Gasteiger charge is -2.08. The van der Waals surface area contributed by atoms with Gasteiger partial charge in [0.2, 0.25) is 0 Å². The highest BCUT2D eigenvalue weighted by Crippen LogP contribution is 2.22. The first-order chi connectivity index (χ1) is 8.97. The Hall–Kier alpha value is -2.07. The predicted molar refractivity (Wildman–Crippen MR) is 72.2 cm³/mol. The predicted octanol–water partition coefficient (Wildman–Crippen LogP) is 3.75. The molecule has 1 amide bonds. The molecular weight excluding hydrogens is 269 g/mol. The van der Waals surface area contributed by atoms with Crippen molar-refractivity contribution in [1.29, 1.82) is 0 Å². The molecule has 0 heterocycles. The lowest BCUT2D eigenvalue weighted by molar-refractivity contribution is 0.102. The van der Waals surface area contributed by atoms with Crippen molar-refractivity contribution in [2.45, 2.75) is 6.92 Å². The SMILES string of the molecule is Cc1ccc(C(=O)Nc2ccc(Cl)cc2F)c(O)c1. The van der Waals surface area contributed by atoms with Crippen molar-refractivity contribution in [3.8, 4) is 5.75 Å². The molecule has 0 aliphatic carbocycles. The van der Waals surface area contributed by atoms with Gasteiger partial charge in [-0.1, -0.05) is 17.7 Å². The van der Waals surface area contributed by atoms with E-state index in [1.807, 2.05) is 0 Å². The third-order valence-electron chi connectivity index (χ3n) is 2.58. The van der Waals surface area contributed by atoms with Crippen LogP contribution in [-0.4, -0.2) is 11.0 Å². The summed E-state index contributed by atoms with van der Waals surface area (Å²) in [4.78, 5) is 11.9. The van der Waals surface area contributed by atoms with Crippen LogP contribution in [0.4, 0.5) is 10.1 Å². The van der Waals surface area contributed by atoms with Crippen molar-refractivity contribution in [2.75, 3.05) is 5.32 Å². The number of phenols is 1. The summed E-state index contributed by atoms with van der Waals surface area (Å²) in [5, 5.41) is 12.3. The van der Waals surface area contributed by atoms with Gasteiger partial charge in [0, 0.05) is 5.02 Å². The number of carbonyl (C=O) groups excluding carboxylic acids is 1. The summed E-state index contributed by atoms with van der Waals surface area (Å²) in [6.45, 7) is 1.79. The van der Waals surface area contributed by atoms with Crippen molar-refractivity contribution >= 4 is 23.2 Å². The summed E-state index contributed by atoms with van der Waals surface area (Å²) < 4.78 is 13.5. The van der Waals surface area contributed by atoms with Crippen molar-refractivity contribution in [3.63, 3.8) is 0 Å². The van der Waals surface area contributed by atoms with E-state index in [4.69, 9.17) is 11.6 Å². The Kier molecular flexibility index (Phi) is 3.71. The quantitative estimate of drug-likeness (QED) is 0.880. The van der Waals surface area contributed by atoms with Crippen LogP contribution in [0.15, 0.2) is 36.4 Å². The number of benzene rings is 2. The Balaban J connectivity index is 2.25. The van der Waals surface area contributed by atoms with Gasteiger partial charge in [0.05, 0.1) is 11.3 Å². The van der Waals surface area contributed by atoms with E-state index < -0.39 is 11.7 Å². The van der Waals surface area contributed by atoms with E-state index in [2.05, 4.69) is 5.32 Å². The maximum atomic E-state index is 13.5. The maximum absolute atomic E-state index is 13.5. The molecule has 2 aromatic rings. The van der Waals surface area contributed by atoms with E-state index in [-0.39, 0.29) is 22.0 Å². The van der Waals surface area contributed by atoms with E-state index in [1.165, 1.54) is 24.3 Å². The highest BCUT2D eigenvalue weighted by molar-refractivity contribution is 6.30. The first-order valence-corrected chi connectivity index (χ1v) is 5.91. The number of amides is 1. The molecular formula is C14H11ClFNO2. The molecule has 19 heavy (non-hydrogen) atoms. The number of aromatic hydroxyl groups is 1. The molecule has 2 aromatic carbocycles. The number of carbonyl (C=O) groups is 1. The van der Waals surface area contributed by atoms with Crippen LogP contribution in [0, 0.1) is 12.7 Å². The number of halogens is 2. The molecule has 2 rings (SSSR count). The summed E-state index contributed by atoms with van der Waals surface area (Å²) in [7, 11) is 0. The molecule has 2 N–H and O–H groups in total. The second-order valence-corrected chi connectivity index (χ2v) is 4.54. The molecule has 0 aromatic heterocycles. The van der Waals surface area contributed by atoms with Gasteiger partial charge in [0.1, 0.15) is 11.6 Å². The Morgan fingerprint density at radius 3 is 2.63 bits per heavy atom. The molecule has 0 atom stereocenters. The molecule has 0 fully saturated rings. The van der Waals surface area contributed by atoms with Gasteiger partial charge < -0.3 is 10.4 Å². The molecule has 0 bridgehead atoms. The highest BCUT2D eigenvalue weighted by atomic mass is 35.5. The van der Waals surface area contributed by atoms with Gasteiger partial charge in [-0.05, 0) is 42.8 Å². The number of aryl methyl sites for hydroxylation is 1. The van der Waals surface area contributed by atoms with Gasteiger partial charge in [0.15, 0.2) is 0 Å². The number of anilines is 1. The number of nitrogens with one attached hydrogen (secondary N) is 1. The van der Waals surface area contributed by atoms with E-state index in [0.29, 0.717) is 0 Å². The van der Waals surface area contributed by atoms with Crippen LogP contribution in [0.5, 0.6) is 5.75 Å². The summed E-state index contributed by atoms with van der Waals surface area (Å²) in [5.41, 5.74) is 0.918. The van der Waals surface area contributed by atoms with Crippen LogP contribution in [0.3, 0.4) is 0 Å². The molecule has 0 saturated carbocycles. The zero-order chi connectivity index (χ0) is 14.0. The summed E-state index contributed by atoms with van der Waals surface area (Å²) >= 11 is 5.62. The van der Waals surface area contributed by atoms with Crippen molar-refractivity contribution in [1.82, 2.24) is 0 Å². The van der Waals surface area contributed by atoms with Crippen molar-refractivity contribution in [2.24, 2.45) is 0 Å². The fourth-order valence-corrected chi connectivity index (χ4v) is 1.77. The lowest BCUT2D eigenvalue weighted by Crippen LogP contribution is -2.13. The minimum absolute atomic E-state index is 0.00868. The smallest absolute Gasteiger partial charge is 0.259 e. The van der Waals surface area contributed by atoms with E-state index in [9.17, 15) is 14.3 Å². The summed E-state index contributed by atoms with van der Waals surface area (Å²) in [6.07, 6.45) is 0. The second-order valence-electron chi connectivity index (χ2n) is 4.10. The standard InChI is InChI=1S/C14H11ClFNO2/c1-8-2-4-10(13(18)6-8)14(19)17-12-5-3-9(15)7-11(12)16/h2-7,18H,1H3,(H,17,19). The fraction of sp³-hybridized carbons (Fsp3) is 0.0714. The minimum atomic E-state index is -0.632. The third-order valence-corrected chi connectivity index (χ3v) is 2.81. The third kappa shape index (κ3) is 3.03. The van der Waals surface area contributed by atoms with Crippen LogP contribution in [0.2, 0.25) is 5.02 Å². The number of hydrogen-bond acceptors (Lipinski definition) is 2. The normalized spacial score (nSPS) is 10.3. The number of phenolic OH excluding ortho intramolecular Hbond substituents is 1. The van der Waals surface area contributed by atoms with Gasteiger partial charge in [0.25, 0.3) is 5.91 Å². The summed E-state index contributed by atoms with van der Waals surface area (Å²) in [5.74, 6) is -1.36. The van der Waals surface area contributed by atoms with E-state index in [1.54, 1.807) is 13.0 Å². The Bertz CT molecular complexity index is 643. The maximum Gasteiger partial charge on any atom is 0.259 e. The zero-order valence-corrected chi connectivity index (χ0v) is 10.8. The van der Waals surface area contributed by atoms with Crippen LogP contribution < -0.4 is 5.32 Å². The number of hydrogen-bond donors (Lipinski definition) is 2. The molecule has 0 spiro atoms. The molecule has 5 heteroatoms. The summed E-state index contributed by atoms with van der Waals surface area (Å²) in [6, 6.07) is 8.57. The van der Waals surface area contributed by atoms with Gasteiger partial charge in [-0.25, -0.2) is 4.39 Å².